The normalized spacial score (nSPS) is 18.9. The monoisotopic (exact) mass is 264 g/mol. The van der Waals surface area contributed by atoms with Crippen molar-refractivity contribution in [2.75, 3.05) is 20.1 Å². The van der Waals surface area contributed by atoms with Crippen molar-refractivity contribution < 1.29 is 4.42 Å². The van der Waals surface area contributed by atoms with Crippen LogP contribution in [0.3, 0.4) is 0 Å². The second-order valence-corrected chi connectivity index (χ2v) is 6.81. The zero-order valence-corrected chi connectivity index (χ0v) is 12.8. The lowest BCUT2D eigenvalue weighted by Gasteiger charge is -2.38. The van der Waals surface area contributed by atoms with Gasteiger partial charge in [-0.2, -0.15) is 0 Å². The summed E-state index contributed by atoms with van der Waals surface area (Å²) in [6.07, 6.45) is 2.63. The molecule has 0 aromatic carbocycles. The Kier molecular flexibility index (Phi) is 4.69. The molecule has 1 aliphatic heterocycles. The van der Waals surface area contributed by atoms with Crippen LogP contribution >= 0.6 is 0 Å². The van der Waals surface area contributed by atoms with E-state index in [4.69, 9.17) is 4.42 Å². The molecule has 1 N–H and O–H groups in total. The number of piperidine rings is 1. The van der Waals surface area contributed by atoms with Gasteiger partial charge in [-0.25, -0.2) is 0 Å². The predicted octanol–water partition coefficient (Wildman–Crippen LogP) is 3.26. The van der Waals surface area contributed by atoms with E-state index in [-0.39, 0.29) is 0 Å². The van der Waals surface area contributed by atoms with Gasteiger partial charge in [0, 0.05) is 0 Å². The number of likely N-dealkylation sites (tertiary alicyclic amines) is 1. The van der Waals surface area contributed by atoms with E-state index in [1.807, 2.05) is 7.05 Å². The minimum Gasteiger partial charge on any atom is -0.463 e. The molecule has 3 nitrogen and oxygen atoms in total. The first-order chi connectivity index (χ1) is 8.99. The standard InChI is InChI=1S/C16H28N2O/c1-16(2,3)13-7-9-18(10-8-13)12-15-6-5-14(19-15)11-17-4/h5-6,13,17H,7-12H2,1-4H3. The fourth-order valence-corrected chi connectivity index (χ4v) is 2.95. The highest BCUT2D eigenvalue weighted by atomic mass is 16.3. The third-order valence-corrected chi connectivity index (χ3v) is 4.26. The first-order valence-electron chi connectivity index (χ1n) is 7.43. The lowest BCUT2D eigenvalue weighted by atomic mass is 9.75. The van der Waals surface area contributed by atoms with E-state index in [0.717, 1.165) is 30.5 Å². The van der Waals surface area contributed by atoms with Crippen LogP contribution in [0.25, 0.3) is 0 Å². The molecule has 0 spiro atoms. The fraction of sp³-hybridized carbons (Fsp3) is 0.750. The molecule has 0 aliphatic carbocycles. The van der Waals surface area contributed by atoms with Crippen LogP contribution in [-0.2, 0) is 13.1 Å². The van der Waals surface area contributed by atoms with Gasteiger partial charge in [0.1, 0.15) is 11.5 Å². The molecule has 0 radical (unpaired) electrons. The molecule has 2 heterocycles. The number of hydrogen-bond acceptors (Lipinski definition) is 3. The summed E-state index contributed by atoms with van der Waals surface area (Å²) in [6, 6.07) is 4.19. The SMILES string of the molecule is CNCc1ccc(CN2CCC(C(C)(C)C)CC2)o1. The van der Waals surface area contributed by atoms with E-state index in [9.17, 15) is 0 Å². The molecule has 3 heteroatoms. The fourth-order valence-electron chi connectivity index (χ4n) is 2.95. The van der Waals surface area contributed by atoms with Crippen molar-refractivity contribution in [3.8, 4) is 0 Å². The van der Waals surface area contributed by atoms with Gasteiger partial charge in [0.25, 0.3) is 0 Å². The minimum absolute atomic E-state index is 0.455. The molecule has 19 heavy (non-hydrogen) atoms. The van der Waals surface area contributed by atoms with Crippen LogP contribution in [0.5, 0.6) is 0 Å². The quantitative estimate of drug-likeness (QED) is 0.905. The summed E-state index contributed by atoms with van der Waals surface area (Å²) in [4.78, 5) is 2.52. The maximum absolute atomic E-state index is 5.82. The highest BCUT2D eigenvalue weighted by Crippen LogP contribution is 2.34. The van der Waals surface area contributed by atoms with Crippen LogP contribution in [0.2, 0.25) is 0 Å². The highest BCUT2D eigenvalue weighted by molar-refractivity contribution is 5.07. The first-order valence-corrected chi connectivity index (χ1v) is 7.43. The molecular weight excluding hydrogens is 236 g/mol. The summed E-state index contributed by atoms with van der Waals surface area (Å²) in [6.45, 7) is 11.3. The first kappa shape index (κ1) is 14.6. The predicted molar refractivity (Wildman–Crippen MR) is 78.9 cm³/mol. The molecule has 108 valence electrons. The average Bonchev–Trinajstić information content (AvgIpc) is 2.77. The van der Waals surface area contributed by atoms with Crippen LogP contribution < -0.4 is 5.32 Å². The lowest BCUT2D eigenvalue weighted by molar-refractivity contribution is 0.103. The van der Waals surface area contributed by atoms with Gasteiger partial charge in [-0.05, 0) is 56.4 Å². The molecule has 0 unspecified atom stereocenters. The van der Waals surface area contributed by atoms with Crippen molar-refractivity contribution in [1.82, 2.24) is 10.2 Å². The van der Waals surface area contributed by atoms with Gasteiger partial charge in [-0.3, -0.25) is 4.90 Å². The molecule has 2 rings (SSSR count). The number of nitrogens with one attached hydrogen (secondary N) is 1. The van der Waals surface area contributed by atoms with E-state index in [1.54, 1.807) is 0 Å². The van der Waals surface area contributed by atoms with Crippen LogP contribution in [0, 0.1) is 11.3 Å². The van der Waals surface area contributed by atoms with Gasteiger partial charge < -0.3 is 9.73 Å². The van der Waals surface area contributed by atoms with E-state index >= 15 is 0 Å². The van der Waals surface area contributed by atoms with Crippen molar-refractivity contribution in [3.63, 3.8) is 0 Å². The van der Waals surface area contributed by atoms with E-state index in [0.29, 0.717) is 5.41 Å². The molecule has 1 saturated heterocycles. The van der Waals surface area contributed by atoms with Gasteiger partial charge in [0.15, 0.2) is 0 Å². The van der Waals surface area contributed by atoms with Crippen LogP contribution in [-0.4, -0.2) is 25.0 Å². The van der Waals surface area contributed by atoms with Crippen molar-refractivity contribution in [2.24, 2.45) is 11.3 Å². The van der Waals surface area contributed by atoms with Gasteiger partial charge in [0.05, 0.1) is 13.1 Å². The maximum atomic E-state index is 5.82. The average molecular weight is 264 g/mol. The topological polar surface area (TPSA) is 28.4 Å². The van der Waals surface area contributed by atoms with Gasteiger partial charge in [-0.15, -0.1) is 0 Å². The summed E-state index contributed by atoms with van der Waals surface area (Å²) >= 11 is 0. The Morgan fingerprint density at radius 3 is 2.42 bits per heavy atom. The Bertz CT molecular complexity index is 384. The van der Waals surface area contributed by atoms with Crippen molar-refractivity contribution in [3.05, 3.63) is 23.7 Å². The summed E-state index contributed by atoms with van der Waals surface area (Å²) in [7, 11) is 1.94. The molecule has 0 saturated carbocycles. The summed E-state index contributed by atoms with van der Waals surface area (Å²) < 4.78 is 5.82. The van der Waals surface area contributed by atoms with Crippen molar-refractivity contribution in [1.29, 1.82) is 0 Å². The highest BCUT2D eigenvalue weighted by Gasteiger charge is 2.28. The number of nitrogens with zero attached hydrogens (tertiary/aromatic N) is 1. The molecule has 1 aliphatic rings. The molecule has 1 fully saturated rings. The Balaban J connectivity index is 1.82. The van der Waals surface area contributed by atoms with Gasteiger partial charge in [-0.1, -0.05) is 20.8 Å². The van der Waals surface area contributed by atoms with Gasteiger partial charge >= 0.3 is 0 Å². The van der Waals surface area contributed by atoms with E-state index in [1.165, 1.54) is 25.9 Å². The Morgan fingerprint density at radius 1 is 1.21 bits per heavy atom. The Morgan fingerprint density at radius 2 is 1.84 bits per heavy atom. The zero-order valence-electron chi connectivity index (χ0n) is 12.8. The summed E-state index contributed by atoms with van der Waals surface area (Å²) in [5, 5.41) is 3.12. The van der Waals surface area contributed by atoms with E-state index in [2.05, 4.69) is 43.1 Å². The van der Waals surface area contributed by atoms with Crippen LogP contribution in [0.1, 0.15) is 45.1 Å². The second kappa shape index (κ2) is 6.10. The minimum atomic E-state index is 0.455. The molecule has 1 aromatic rings. The zero-order chi connectivity index (χ0) is 13.9. The summed E-state index contributed by atoms with van der Waals surface area (Å²) in [5.74, 6) is 2.99. The smallest absolute Gasteiger partial charge is 0.118 e. The second-order valence-electron chi connectivity index (χ2n) is 6.81. The molecule has 0 atom stereocenters. The van der Waals surface area contributed by atoms with Crippen LogP contribution in [0.4, 0.5) is 0 Å². The number of furan rings is 1. The van der Waals surface area contributed by atoms with E-state index < -0.39 is 0 Å². The Labute approximate surface area is 117 Å². The molecule has 0 amide bonds. The third kappa shape index (κ3) is 4.08. The maximum Gasteiger partial charge on any atom is 0.118 e. The van der Waals surface area contributed by atoms with Crippen molar-refractivity contribution in [2.45, 2.75) is 46.7 Å². The molecule has 0 bridgehead atoms. The molecule has 1 aromatic heterocycles. The number of hydrogen-bond donors (Lipinski definition) is 1. The third-order valence-electron chi connectivity index (χ3n) is 4.26. The summed E-state index contributed by atoms with van der Waals surface area (Å²) in [5.41, 5.74) is 0.455. The Hall–Kier alpha value is -0.800. The lowest BCUT2D eigenvalue weighted by Crippen LogP contribution is -2.37. The van der Waals surface area contributed by atoms with Crippen LogP contribution in [0.15, 0.2) is 16.5 Å². The number of rotatable bonds is 4. The molecular formula is C16H28N2O. The van der Waals surface area contributed by atoms with Crippen molar-refractivity contribution >= 4 is 0 Å². The largest absolute Gasteiger partial charge is 0.463 e. The van der Waals surface area contributed by atoms with Gasteiger partial charge in [0.2, 0.25) is 0 Å².